The summed E-state index contributed by atoms with van der Waals surface area (Å²) in [5, 5.41) is 4.23. The van der Waals surface area contributed by atoms with Crippen LogP contribution in [0.15, 0.2) is 30.3 Å². The number of halogens is 3. The van der Waals surface area contributed by atoms with Crippen LogP contribution in [-0.4, -0.2) is 47.4 Å². The highest BCUT2D eigenvalue weighted by Gasteiger charge is 2.38. The molecule has 8 nitrogen and oxygen atoms in total. The van der Waals surface area contributed by atoms with E-state index in [2.05, 4.69) is 20.1 Å². The molecule has 32 heavy (non-hydrogen) atoms. The molecule has 11 heteroatoms. The summed E-state index contributed by atoms with van der Waals surface area (Å²) >= 11 is 0. The summed E-state index contributed by atoms with van der Waals surface area (Å²) in [5.41, 5.74) is 1.93. The van der Waals surface area contributed by atoms with Gasteiger partial charge in [0.25, 0.3) is 0 Å². The number of hydrogen-bond acceptors (Lipinski definition) is 6. The summed E-state index contributed by atoms with van der Waals surface area (Å²) in [6.45, 7) is 4.59. The highest BCUT2D eigenvalue weighted by Crippen LogP contribution is 2.34. The molecule has 4 aromatic rings. The lowest BCUT2D eigenvalue weighted by Crippen LogP contribution is -2.46. The second kappa shape index (κ2) is 7.28. The number of hydrogen-bond donors (Lipinski definition) is 0. The molecule has 1 saturated heterocycles. The summed E-state index contributed by atoms with van der Waals surface area (Å²) < 4.78 is 44.0. The van der Waals surface area contributed by atoms with E-state index >= 15 is 0 Å². The molecule has 0 bridgehead atoms. The quantitative estimate of drug-likeness (QED) is 0.482. The Balaban J connectivity index is 1.48. The first-order valence-electron chi connectivity index (χ1n) is 10.3. The van der Waals surface area contributed by atoms with Gasteiger partial charge < -0.3 is 9.47 Å². The second-order valence-corrected chi connectivity index (χ2v) is 7.87. The van der Waals surface area contributed by atoms with Crippen LogP contribution in [0.3, 0.4) is 0 Å². The molecule has 4 heterocycles. The molecule has 1 aromatic carbocycles. The highest BCUT2D eigenvalue weighted by molar-refractivity contribution is 5.76. The van der Waals surface area contributed by atoms with Crippen molar-refractivity contribution in [3.05, 3.63) is 53.6 Å². The zero-order chi connectivity index (χ0) is 22.6. The van der Waals surface area contributed by atoms with Crippen molar-refractivity contribution in [2.24, 2.45) is 7.05 Å². The van der Waals surface area contributed by atoms with Crippen molar-refractivity contribution < 1.29 is 13.2 Å². The number of alkyl halides is 3. The molecular formula is C21H21F3N8. The summed E-state index contributed by atoms with van der Waals surface area (Å²) in [5.74, 6) is 1.11. The Hall–Kier alpha value is -3.50. The molecule has 0 unspecified atom stereocenters. The van der Waals surface area contributed by atoms with Crippen molar-refractivity contribution >= 4 is 16.9 Å². The van der Waals surface area contributed by atoms with Crippen LogP contribution in [0.5, 0.6) is 0 Å². The molecule has 1 fully saturated rings. The summed E-state index contributed by atoms with van der Waals surface area (Å²) in [6.07, 6.45) is -4.16. The SMILES string of the molecule is CCc1nc(C)nn1-c1cc(N2CC(c3nc4ccccc4n3C)C2)nc(C(F)(F)F)n1. The number of imidazole rings is 1. The van der Waals surface area contributed by atoms with Crippen molar-refractivity contribution in [1.82, 2.24) is 34.3 Å². The Kier molecular flexibility index (Phi) is 4.64. The van der Waals surface area contributed by atoms with Gasteiger partial charge >= 0.3 is 6.18 Å². The third-order valence-corrected chi connectivity index (χ3v) is 5.66. The van der Waals surface area contributed by atoms with Crippen LogP contribution in [0.25, 0.3) is 16.9 Å². The fourth-order valence-corrected chi connectivity index (χ4v) is 4.05. The van der Waals surface area contributed by atoms with E-state index in [9.17, 15) is 13.2 Å². The normalized spacial score (nSPS) is 14.9. The van der Waals surface area contributed by atoms with Gasteiger partial charge in [0, 0.05) is 32.6 Å². The van der Waals surface area contributed by atoms with Gasteiger partial charge in [-0.1, -0.05) is 19.1 Å². The third-order valence-electron chi connectivity index (χ3n) is 5.66. The molecule has 0 radical (unpaired) electrons. The highest BCUT2D eigenvalue weighted by atomic mass is 19.4. The van der Waals surface area contributed by atoms with Gasteiger partial charge in [-0.15, -0.1) is 5.10 Å². The first-order chi connectivity index (χ1) is 15.2. The van der Waals surface area contributed by atoms with E-state index in [0.29, 0.717) is 31.2 Å². The largest absolute Gasteiger partial charge is 0.451 e. The molecule has 166 valence electrons. The monoisotopic (exact) mass is 442 g/mol. The van der Waals surface area contributed by atoms with E-state index in [1.54, 1.807) is 11.8 Å². The number of aromatic nitrogens is 7. The van der Waals surface area contributed by atoms with Gasteiger partial charge in [-0.05, 0) is 19.1 Å². The van der Waals surface area contributed by atoms with Gasteiger partial charge in [0.15, 0.2) is 5.82 Å². The minimum Gasteiger partial charge on any atom is -0.355 e. The topological polar surface area (TPSA) is 77.5 Å². The summed E-state index contributed by atoms with van der Waals surface area (Å²) in [7, 11) is 1.96. The zero-order valence-electron chi connectivity index (χ0n) is 17.8. The van der Waals surface area contributed by atoms with Gasteiger partial charge in [0.2, 0.25) is 5.82 Å². The summed E-state index contributed by atoms with van der Waals surface area (Å²) in [6, 6.07) is 9.38. The second-order valence-electron chi connectivity index (χ2n) is 7.87. The van der Waals surface area contributed by atoms with Gasteiger partial charge in [0.1, 0.15) is 23.3 Å². The molecule has 0 N–H and O–H groups in total. The van der Waals surface area contributed by atoms with E-state index in [4.69, 9.17) is 4.98 Å². The van der Waals surface area contributed by atoms with Crippen LogP contribution in [0.4, 0.5) is 19.0 Å². The number of rotatable bonds is 4. The number of benzene rings is 1. The minimum absolute atomic E-state index is 0.0611. The van der Waals surface area contributed by atoms with Crippen molar-refractivity contribution in [1.29, 1.82) is 0 Å². The van der Waals surface area contributed by atoms with Crippen LogP contribution >= 0.6 is 0 Å². The standard InChI is InChI=1S/C21H21F3N8/c1-4-16-25-12(2)29-32(16)18-9-17(27-20(28-18)21(22,23)24)31-10-13(11-31)19-26-14-7-5-6-8-15(14)30(19)3/h5-9,13H,4,10-11H2,1-3H3. The van der Waals surface area contributed by atoms with Gasteiger partial charge in [-0.25, -0.2) is 19.9 Å². The lowest BCUT2D eigenvalue weighted by Gasteiger charge is -2.39. The van der Waals surface area contributed by atoms with Crippen molar-refractivity contribution in [3.63, 3.8) is 0 Å². The Labute approximate surface area is 181 Å². The molecule has 0 atom stereocenters. The molecule has 0 aliphatic carbocycles. The predicted molar refractivity (Wildman–Crippen MR) is 112 cm³/mol. The van der Waals surface area contributed by atoms with Gasteiger partial charge in [-0.3, -0.25) is 0 Å². The Morgan fingerprint density at radius 2 is 1.75 bits per heavy atom. The van der Waals surface area contributed by atoms with E-state index in [-0.39, 0.29) is 17.6 Å². The van der Waals surface area contributed by atoms with Gasteiger partial charge in [-0.2, -0.15) is 17.9 Å². The maximum atomic E-state index is 13.5. The van der Waals surface area contributed by atoms with Crippen LogP contribution in [0.1, 0.15) is 36.1 Å². The predicted octanol–water partition coefficient (Wildman–Crippen LogP) is 3.44. The number of anilines is 1. The lowest BCUT2D eigenvalue weighted by atomic mass is 9.99. The average molecular weight is 442 g/mol. The molecule has 5 rings (SSSR count). The molecule has 1 aliphatic rings. The third kappa shape index (κ3) is 3.37. The number of fused-ring (bicyclic) bond motifs is 1. The fraction of sp³-hybridized carbons (Fsp3) is 0.381. The Bertz CT molecular complexity index is 1300. The van der Waals surface area contributed by atoms with Crippen molar-refractivity contribution in [2.45, 2.75) is 32.4 Å². The maximum Gasteiger partial charge on any atom is 0.451 e. The Morgan fingerprint density at radius 1 is 1.03 bits per heavy atom. The molecule has 0 spiro atoms. The van der Waals surface area contributed by atoms with Crippen LogP contribution in [0, 0.1) is 6.92 Å². The van der Waals surface area contributed by atoms with Crippen LogP contribution in [-0.2, 0) is 19.6 Å². The molecule has 3 aromatic heterocycles. The molecular weight excluding hydrogens is 421 g/mol. The minimum atomic E-state index is -4.67. The summed E-state index contributed by atoms with van der Waals surface area (Å²) in [4.78, 5) is 18.3. The number of para-hydroxylation sites is 2. The van der Waals surface area contributed by atoms with Crippen molar-refractivity contribution in [3.8, 4) is 5.82 Å². The lowest BCUT2D eigenvalue weighted by molar-refractivity contribution is -0.144. The van der Waals surface area contributed by atoms with E-state index < -0.39 is 12.0 Å². The average Bonchev–Trinajstić information content (AvgIpc) is 3.26. The van der Waals surface area contributed by atoms with E-state index in [1.165, 1.54) is 10.7 Å². The Morgan fingerprint density at radius 3 is 2.44 bits per heavy atom. The first-order valence-corrected chi connectivity index (χ1v) is 10.3. The smallest absolute Gasteiger partial charge is 0.355 e. The van der Waals surface area contributed by atoms with Crippen LogP contribution < -0.4 is 4.90 Å². The van der Waals surface area contributed by atoms with Crippen LogP contribution in [0.2, 0.25) is 0 Å². The number of aryl methyl sites for hydroxylation is 3. The van der Waals surface area contributed by atoms with Gasteiger partial charge in [0.05, 0.1) is 17.0 Å². The molecule has 1 aliphatic heterocycles. The molecule has 0 amide bonds. The fourth-order valence-electron chi connectivity index (χ4n) is 4.05. The maximum absolute atomic E-state index is 13.5. The van der Waals surface area contributed by atoms with E-state index in [0.717, 1.165) is 16.9 Å². The first kappa shape index (κ1) is 20.4. The number of nitrogens with zero attached hydrogens (tertiary/aromatic N) is 8. The van der Waals surface area contributed by atoms with E-state index in [1.807, 2.05) is 42.8 Å². The zero-order valence-corrected chi connectivity index (χ0v) is 17.8. The molecule has 0 saturated carbocycles. The van der Waals surface area contributed by atoms with Crippen molar-refractivity contribution in [2.75, 3.05) is 18.0 Å².